The fourth-order valence-corrected chi connectivity index (χ4v) is 3.75. The molecule has 0 aliphatic carbocycles. The summed E-state index contributed by atoms with van der Waals surface area (Å²) in [4.78, 5) is 0. The third-order valence-corrected chi connectivity index (χ3v) is 5.49. The molecule has 0 saturated carbocycles. The van der Waals surface area contributed by atoms with Crippen molar-refractivity contribution in [1.29, 1.82) is 0 Å². The Balaban J connectivity index is 1.36. The van der Waals surface area contributed by atoms with Crippen LogP contribution < -0.4 is 4.74 Å². The SMILES string of the molecule is CCCc1ccc(C2COC(c3ccc(-c4ccc(OC)cc4)cc3)OC2)cc1. The van der Waals surface area contributed by atoms with Gasteiger partial charge in [-0.2, -0.15) is 0 Å². The molecular formula is C26H28O3. The van der Waals surface area contributed by atoms with Crippen molar-refractivity contribution in [1.82, 2.24) is 0 Å². The minimum atomic E-state index is -0.296. The van der Waals surface area contributed by atoms with E-state index in [0.717, 1.165) is 28.9 Å². The van der Waals surface area contributed by atoms with E-state index < -0.39 is 0 Å². The van der Waals surface area contributed by atoms with Crippen molar-refractivity contribution in [3.63, 3.8) is 0 Å². The van der Waals surface area contributed by atoms with E-state index >= 15 is 0 Å². The van der Waals surface area contributed by atoms with Crippen LogP contribution >= 0.6 is 0 Å². The maximum Gasteiger partial charge on any atom is 0.183 e. The lowest BCUT2D eigenvalue weighted by atomic mass is 9.97. The second kappa shape index (κ2) is 9.25. The Labute approximate surface area is 173 Å². The van der Waals surface area contributed by atoms with Gasteiger partial charge < -0.3 is 14.2 Å². The molecule has 3 aromatic rings. The molecule has 3 heteroatoms. The number of aryl methyl sites for hydroxylation is 1. The molecule has 3 nitrogen and oxygen atoms in total. The molecule has 1 aliphatic heterocycles. The van der Waals surface area contributed by atoms with Crippen molar-refractivity contribution < 1.29 is 14.2 Å². The number of benzene rings is 3. The summed E-state index contributed by atoms with van der Waals surface area (Å²) in [7, 11) is 1.68. The smallest absolute Gasteiger partial charge is 0.183 e. The van der Waals surface area contributed by atoms with E-state index in [1.807, 2.05) is 12.1 Å². The van der Waals surface area contributed by atoms with Gasteiger partial charge in [-0.1, -0.05) is 74.0 Å². The number of hydrogen-bond donors (Lipinski definition) is 0. The van der Waals surface area contributed by atoms with E-state index in [-0.39, 0.29) is 6.29 Å². The Bertz CT molecular complexity index is 890. The van der Waals surface area contributed by atoms with Crippen LogP contribution in [0.4, 0.5) is 0 Å². The summed E-state index contributed by atoms with van der Waals surface area (Å²) in [5.41, 5.74) is 6.06. The van der Waals surface area contributed by atoms with Crippen molar-refractivity contribution >= 4 is 0 Å². The first-order valence-corrected chi connectivity index (χ1v) is 10.3. The van der Waals surface area contributed by atoms with Gasteiger partial charge in [0.15, 0.2) is 6.29 Å². The highest BCUT2D eigenvalue weighted by atomic mass is 16.7. The molecule has 0 spiro atoms. The quantitative estimate of drug-likeness (QED) is 0.507. The fourth-order valence-electron chi connectivity index (χ4n) is 3.75. The lowest BCUT2D eigenvalue weighted by Gasteiger charge is -2.30. The highest BCUT2D eigenvalue weighted by Gasteiger charge is 2.24. The molecule has 1 saturated heterocycles. The second-order valence-electron chi connectivity index (χ2n) is 7.54. The van der Waals surface area contributed by atoms with Crippen LogP contribution in [0.5, 0.6) is 5.75 Å². The van der Waals surface area contributed by atoms with Gasteiger partial charge in [0.1, 0.15) is 5.75 Å². The largest absolute Gasteiger partial charge is 0.497 e. The van der Waals surface area contributed by atoms with Gasteiger partial charge in [0.2, 0.25) is 0 Å². The monoisotopic (exact) mass is 388 g/mol. The van der Waals surface area contributed by atoms with Crippen LogP contribution in [0.2, 0.25) is 0 Å². The predicted octanol–water partition coefficient (Wildman–Crippen LogP) is 6.14. The van der Waals surface area contributed by atoms with Crippen molar-refractivity contribution in [2.45, 2.75) is 32.0 Å². The van der Waals surface area contributed by atoms with Crippen molar-refractivity contribution in [3.05, 3.63) is 89.5 Å². The van der Waals surface area contributed by atoms with Crippen LogP contribution in [0, 0.1) is 0 Å². The first kappa shape index (κ1) is 19.7. The minimum Gasteiger partial charge on any atom is -0.497 e. The molecule has 0 N–H and O–H groups in total. The van der Waals surface area contributed by atoms with Crippen LogP contribution in [-0.4, -0.2) is 20.3 Å². The van der Waals surface area contributed by atoms with E-state index in [1.165, 1.54) is 17.5 Å². The minimum absolute atomic E-state index is 0.292. The zero-order valence-corrected chi connectivity index (χ0v) is 17.1. The summed E-state index contributed by atoms with van der Waals surface area (Å²) in [5, 5.41) is 0. The summed E-state index contributed by atoms with van der Waals surface area (Å²) in [6, 6.07) is 25.4. The lowest BCUT2D eigenvalue weighted by molar-refractivity contribution is -0.191. The molecule has 0 amide bonds. The highest BCUT2D eigenvalue weighted by Crippen LogP contribution is 2.31. The Morgan fingerprint density at radius 2 is 1.31 bits per heavy atom. The van der Waals surface area contributed by atoms with E-state index in [1.54, 1.807) is 7.11 Å². The zero-order chi connectivity index (χ0) is 20.1. The average molecular weight is 389 g/mol. The van der Waals surface area contributed by atoms with Crippen LogP contribution in [-0.2, 0) is 15.9 Å². The molecule has 0 atom stereocenters. The highest BCUT2D eigenvalue weighted by molar-refractivity contribution is 5.64. The summed E-state index contributed by atoms with van der Waals surface area (Å²) in [5.74, 6) is 1.16. The Morgan fingerprint density at radius 3 is 1.86 bits per heavy atom. The molecule has 1 fully saturated rings. The Morgan fingerprint density at radius 1 is 0.759 bits per heavy atom. The normalized spacial score (nSPS) is 19.1. The number of hydrogen-bond acceptors (Lipinski definition) is 3. The fraction of sp³-hybridized carbons (Fsp3) is 0.308. The molecule has 0 aromatic heterocycles. The summed E-state index contributed by atoms with van der Waals surface area (Å²) in [6.45, 7) is 3.57. The van der Waals surface area contributed by atoms with Gasteiger partial charge in [0.25, 0.3) is 0 Å². The van der Waals surface area contributed by atoms with Crippen LogP contribution in [0.3, 0.4) is 0 Å². The maximum absolute atomic E-state index is 6.05. The average Bonchev–Trinajstić information content (AvgIpc) is 2.80. The number of ether oxygens (including phenoxy) is 3. The van der Waals surface area contributed by atoms with Gasteiger partial charge in [-0.05, 0) is 40.8 Å². The molecule has 3 aromatic carbocycles. The number of rotatable bonds is 6. The Hall–Kier alpha value is -2.62. The van der Waals surface area contributed by atoms with Gasteiger partial charge in [0, 0.05) is 11.5 Å². The van der Waals surface area contributed by atoms with Gasteiger partial charge in [-0.3, -0.25) is 0 Å². The first-order valence-electron chi connectivity index (χ1n) is 10.3. The summed E-state index contributed by atoms with van der Waals surface area (Å²) in [6.07, 6.45) is 2.01. The molecule has 1 heterocycles. The molecule has 29 heavy (non-hydrogen) atoms. The first-order chi connectivity index (χ1) is 14.3. The van der Waals surface area contributed by atoms with Crippen molar-refractivity contribution in [2.24, 2.45) is 0 Å². The second-order valence-corrected chi connectivity index (χ2v) is 7.54. The van der Waals surface area contributed by atoms with E-state index in [0.29, 0.717) is 19.1 Å². The standard InChI is InChI=1S/C26H28O3/c1-3-4-19-5-7-22(8-6-19)24-17-28-26(29-18-24)23-11-9-20(10-12-23)21-13-15-25(27-2)16-14-21/h5-16,24,26H,3-4,17-18H2,1-2H3. The van der Waals surface area contributed by atoms with Crippen LogP contribution in [0.15, 0.2) is 72.8 Å². The molecule has 0 bridgehead atoms. The molecule has 0 radical (unpaired) electrons. The van der Waals surface area contributed by atoms with Gasteiger partial charge in [-0.15, -0.1) is 0 Å². The maximum atomic E-state index is 6.05. The van der Waals surface area contributed by atoms with Crippen molar-refractivity contribution in [3.8, 4) is 16.9 Å². The lowest BCUT2D eigenvalue weighted by Crippen LogP contribution is -2.25. The van der Waals surface area contributed by atoms with E-state index in [4.69, 9.17) is 14.2 Å². The zero-order valence-electron chi connectivity index (χ0n) is 17.1. The van der Waals surface area contributed by atoms with Crippen LogP contribution in [0.1, 0.15) is 42.2 Å². The molecule has 0 unspecified atom stereocenters. The van der Waals surface area contributed by atoms with Gasteiger partial charge in [0.05, 0.1) is 20.3 Å². The van der Waals surface area contributed by atoms with Crippen molar-refractivity contribution in [2.75, 3.05) is 20.3 Å². The van der Waals surface area contributed by atoms with Gasteiger partial charge in [-0.25, -0.2) is 0 Å². The van der Waals surface area contributed by atoms with Crippen LogP contribution in [0.25, 0.3) is 11.1 Å². The molecule has 1 aliphatic rings. The Kier molecular flexibility index (Phi) is 6.28. The van der Waals surface area contributed by atoms with Gasteiger partial charge >= 0.3 is 0 Å². The topological polar surface area (TPSA) is 27.7 Å². The molecular weight excluding hydrogens is 360 g/mol. The third-order valence-electron chi connectivity index (χ3n) is 5.49. The van der Waals surface area contributed by atoms with E-state index in [2.05, 4.69) is 67.6 Å². The van der Waals surface area contributed by atoms with E-state index in [9.17, 15) is 0 Å². The summed E-state index contributed by atoms with van der Waals surface area (Å²) < 4.78 is 17.3. The predicted molar refractivity (Wildman–Crippen MR) is 116 cm³/mol. The number of methoxy groups -OCH3 is 1. The summed E-state index contributed by atoms with van der Waals surface area (Å²) >= 11 is 0. The third kappa shape index (κ3) is 4.69. The molecule has 150 valence electrons. The molecule has 4 rings (SSSR count).